The molecule has 0 radical (unpaired) electrons. The quantitative estimate of drug-likeness (QED) is 0.344. The number of amides is 1. The number of hydrogen-bond donors (Lipinski definition) is 1. The van der Waals surface area contributed by atoms with Gasteiger partial charge in [0.25, 0.3) is 5.78 Å². The van der Waals surface area contributed by atoms with Crippen molar-refractivity contribution >= 4 is 23.3 Å². The van der Waals surface area contributed by atoms with Gasteiger partial charge in [-0.3, -0.25) is 14.5 Å². The molecule has 0 bridgehead atoms. The number of rotatable bonds is 6. The molecule has 1 aliphatic heterocycles. The van der Waals surface area contributed by atoms with Gasteiger partial charge in [0.05, 0.1) is 26.9 Å². The maximum absolute atomic E-state index is 13.2. The highest BCUT2D eigenvalue weighted by Gasteiger charge is 2.49. The SMILES string of the molecule is COc1cccc(/C(O)=C2\C(=O)C(=O)N(c3cc(C)on3)[C@@H]2c2cccc(OC)c2OC)c1. The highest BCUT2D eigenvalue weighted by atomic mass is 16.5. The topological polar surface area (TPSA) is 111 Å². The second kappa shape index (κ2) is 8.70. The number of aromatic nitrogens is 1. The Hall–Kier alpha value is -4.27. The van der Waals surface area contributed by atoms with E-state index < -0.39 is 17.7 Å². The highest BCUT2D eigenvalue weighted by Crippen LogP contribution is 2.47. The molecule has 1 amide bonds. The van der Waals surface area contributed by atoms with Gasteiger partial charge in [0, 0.05) is 17.2 Å². The fourth-order valence-electron chi connectivity index (χ4n) is 3.88. The number of benzene rings is 2. The van der Waals surface area contributed by atoms with Crippen LogP contribution in [0.15, 0.2) is 58.6 Å². The molecule has 1 N–H and O–H groups in total. The van der Waals surface area contributed by atoms with Gasteiger partial charge in [-0.2, -0.15) is 0 Å². The lowest BCUT2D eigenvalue weighted by atomic mass is 9.94. The van der Waals surface area contributed by atoms with Gasteiger partial charge in [-0.1, -0.05) is 29.4 Å². The Kier molecular flexibility index (Phi) is 5.78. The van der Waals surface area contributed by atoms with E-state index in [0.717, 1.165) is 0 Å². The van der Waals surface area contributed by atoms with Gasteiger partial charge in [0.1, 0.15) is 23.3 Å². The largest absolute Gasteiger partial charge is 0.507 e. The van der Waals surface area contributed by atoms with Crippen LogP contribution in [0.1, 0.15) is 22.9 Å². The Morgan fingerprint density at radius 3 is 2.42 bits per heavy atom. The van der Waals surface area contributed by atoms with Crippen LogP contribution in [-0.2, 0) is 9.59 Å². The molecule has 1 atom stereocenters. The van der Waals surface area contributed by atoms with E-state index in [-0.39, 0.29) is 17.2 Å². The molecule has 0 unspecified atom stereocenters. The molecule has 2 heterocycles. The third kappa shape index (κ3) is 3.67. The van der Waals surface area contributed by atoms with Gasteiger partial charge >= 0.3 is 5.91 Å². The number of nitrogens with zero attached hydrogens (tertiary/aromatic N) is 2. The van der Waals surface area contributed by atoms with E-state index in [0.29, 0.717) is 34.1 Å². The minimum absolute atomic E-state index is 0.125. The normalized spacial score (nSPS) is 17.3. The number of carbonyl (C=O) groups excluding carboxylic acids is 2. The molecule has 0 spiro atoms. The van der Waals surface area contributed by atoms with E-state index in [1.165, 1.54) is 32.3 Å². The van der Waals surface area contributed by atoms with Gasteiger partial charge in [0.15, 0.2) is 17.3 Å². The summed E-state index contributed by atoms with van der Waals surface area (Å²) in [5.74, 6) is -0.300. The van der Waals surface area contributed by atoms with Crippen molar-refractivity contribution in [3.63, 3.8) is 0 Å². The van der Waals surface area contributed by atoms with Crippen LogP contribution in [0.3, 0.4) is 0 Å². The summed E-state index contributed by atoms with van der Waals surface area (Å²) in [5, 5.41) is 15.2. The van der Waals surface area contributed by atoms with Gasteiger partial charge in [-0.25, -0.2) is 0 Å². The summed E-state index contributed by atoms with van der Waals surface area (Å²) in [7, 11) is 4.43. The third-order valence-corrected chi connectivity index (χ3v) is 5.38. The first-order valence-corrected chi connectivity index (χ1v) is 10.0. The van der Waals surface area contributed by atoms with Crippen molar-refractivity contribution in [1.82, 2.24) is 5.16 Å². The second-order valence-corrected chi connectivity index (χ2v) is 7.28. The number of Topliss-reactive ketones (excluding diaryl/α,β-unsaturated/α-hetero) is 1. The molecule has 9 heteroatoms. The predicted molar refractivity (Wildman–Crippen MR) is 119 cm³/mol. The van der Waals surface area contributed by atoms with Crippen LogP contribution in [0.2, 0.25) is 0 Å². The van der Waals surface area contributed by atoms with Crippen LogP contribution in [-0.4, -0.2) is 43.3 Å². The van der Waals surface area contributed by atoms with Gasteiger partial charge in [-0.15, -0.1) is 0 Å². The average molecular weight is 450 g/mol. The summed E-state index contributed by atoms with van der Waals surface area (Å²) in [4.78, 5) is 27.6. The molecule has 4 rings (SSSR count). The summed E-state index contributed by atoms with van der Waals surface area (Å²) in [6, 6.07) is 12.1. The van der Waals surface area contributed by atoms with E-state index in [9.17, 15) is 14.7 Å². The van der Waals surface area contributed by atoms with E-state index in [4.69, 9.17) is 18.7 Å². The molecule has 0 saturated carbocycles. The van der Waals surface area contributed by atoms with Crippen molar-refractivity contribution < 1.29 is 33.4 Å². The maximum atomic E-state index is 13.2. The lowest BCUT2D eigenvalue weighted by Gasteiger charge is -2.25. The average Bonchev–Trinajstić information content (AvgIpc) is 3.38. The summed E-state index contributed by atoms with van der Waals surface area (Å²) < 4.78 is 21.4. The molecular formula is C24H22N2O7. The van der Waals surface area contributed by atoms with Crippen molar-refractivity contribution in [2.45, 2.75) is 13.0 Å². The van der Waals surface area contributed by atoms with Crippen molar-refractivity contribution in [2.75, 3.05) is 26.2 Å². The lowest BCUT2D eigenvalue weighted by Crippen LogP contribution is -2.30. The van der Waals surface area contributed by atoms with E-state index in [1.807, 2.05) is 0 Å². The Morgan fingerprint density at radius 2 is 1.79 bits per heavy atom. The van der Waals surface area contributed by atoms with Crippen molar-refractivity contribution in [3.8, 4) is 17.2 Å². The Bertz CT molecular complexity index is 1260. The molecule has 3 aromatic rings. The second-order valence-electron chi connectivity index (χ2n) is 7.28. The lowest BCUT2D eigenvalue weighted by molar-refractivity contribution is -0.132. The highest BCUT2D eigenvalue weighted by molar-refractivity contribution is 6.51. The number of para-hydroxylation sites is 1. The minimum Gasteiger partial charge on any atom is -0.507 e. The Balaban J connectivity index is 2.01. The number of aliphatic hydroxyl groups is 1. The number of ketones is 1. The Morgan fingerprint density at radius 1 is 1.03 bits per heavy atom. The first-order chi connectivity index (χ1) is 15.9. The van der Waals surface area contributed by atoms with Crippen LogP contribution in [0.5, 0.6) is 17.2 Å². The van der Waals surface area contributed by atoms with Crippen LogP contribution in [0.4, 0.5) is 5.82 Å². The summed E-state index contributed by atoms with van der Waals surface area (Å²) >= 11 is 0. The number of carbonyl (C=O) groups is 2. The number of methoxy groups -OCH3 is 3. The first-order valence-electron chi connectivity index (χ1n) is 10.0. The van der Waals surface area contributed by atoms with E-state index >= 15 is 0 Å². The first kappa shape index (κ1) is 21.9. The van der Waals surface area contributed by atoms with Gasteiger partial charge in [-0.05, 0) is 25.1 Å². The number of hydrogen-bond acceptors (Lipinski definition) is 8. The van der Waals surface area contributed by atoms with Crippen LogP contribution in [0, 0.1) is 6.92 Å². The van der Waals surface area contributed by atoms with Crippen LogP contribution >= 0.6 is 0 Å². The minimum atomic E-state index is -1.05. The van der Waals surface area contributed by atoms with Crippen molar-refractivity contribution in [1.29, 1.82) is 0 Å². The smallest absolute Gasteiger partial charge is 0.301 e. The molecule has 170 valence electrons. The molecule has 1 fully saturated rings. The summed E-state index contributed by atoms with van der Waals surface area (Å²) in [6.45, 7) is 1.67. The Labute approximate surface area is 189 Å². The van der Waals surface area contributed by atoms with E-state index in [2.05, 4.69) is 5.16 Å². The molecular weight excluding hydrogens is 428 g/mol. The van der Waals surface area contributed by atoms with Crippen LogP contribution in [0.25, 0.3) is 5.76 Å². The van der Waals surface area contributed by atoms with Gasteiger partial charge in [0.2, 0.25) is 0 Å². The third-order valence-electron chi connectivity index (χ3n) is 5.38. The number of aryl methyl sites for hydroxylation is 1. The zero-order valence-electron chi connectivity index (χ0n) is 18.5. The summed E-state index contributed by atoms with van der Waals surface area (Å²) in [6.07, 6.45) is 0. The number of anilines is 1. The zero-order chi connectivity index (χ0) is 23.7. The summed E-state index contributed by atoms with van der Waals surface area (Å²) in [5.41, 5.74) is 0.622. The number of aliphatic hydroxyl groups excluding tert-OH is 1. The standard InChI is InChI=1S/C24H22N2O7/c1-13-11-18(25-33-13)26-20(16-9-6-10-17(31-3)23(16)32-4)19(22(28)24(26)29)21(27)14-7-5-8-15(12-14)30-2/h5-12,20,27H,1-4H3/b21-19+/t20-/m1/s1. The van der Waals surface area contributed by atoms with Crippen molar-refractivity contribution in [2.24, 2.45) is 0 Å². The monoisotopic (exact) mass is 450 g/mol. The molecule has 1 aromatic heterocycles. The fourth-order valence-corrected chi connectivity index (χ4v) is 3.88. The zero-order valence-corrected chi connectivity index (χ0v) is 18.5. The molecule has 9 nitrogen and oxygen atoms in total. The molecule has 2 aromatic carbocycles. The fraction of sp³-hybridized carbons (Fsp3) is 0.208. The number of ether oxygens (including phenoxy) is 3. The molecule has 33 heavy (non-hydrogen) atoms. The van der Waals surface area contributed by atoms with Gasteiger partial charge < -0.3 is 23.8 Å². The van der Waals surface area contributed by atoms with Crippen molar-refractivity contribution in [3.05, 3.63) is 71.0 Å². The van der Waals surface area contributed by atoms with E-state index in [1.54, 1.807) is 49.4 Å². The van der Waals surface area contributed by atoms with Crippen LogP contribution < -0.4 is 19.1 Å². The molecule has 1 saturated heterocycles. The molecule has 1 aliphatic rings. The molecule has 0 aliphatic carbocycles. The predicted octanol–water partition coefficient (Wildman–Crippen LogP) is 3.64. The maximum Gasteiger partial charge on any atom is 0.301 e.